The Labute approximate surface area is 213 Å². The van der Waals surface area contributed by atoms with E-state index in [4.69, 9.17) is 23.7 Å². The number of likely N-dealkylation sites (N-methyl/N-ethyl adjacent to an activating group) is 1. The fourth-order valence-corrected chi connectivity index (χ4v) is 4.80. The molecule has 182 valence electrons. The minimum atomic E-state index is -0.346. The summed E-state index contributed by atoms with van der Waals surface area (Å²) in [5, 5.41) is 0. The molecule has 0 saturated heterocycles. The topological polar surface area (TPSA) is 67.7 Å². The molecular weight excluding hydrogens is 537 g/mol. The van der Waals surface area contributed by atoms with E-state index in [0.29, 0.717) is 30.1 Å². The molecule has 0 fully saturated rings. The van der Waals surface area contributed by atoms with E-state index in [1.165, 1.54) is 23.1 Å². The fourth-order valence-electron chi connectivity index (χ4n) is 4.80. The lowest BCUT2D eigenvalue weighted by Crippen LogP contribution is -3.17. The third kappa shape index (κ3) is 5.48. The fraction of sp³-hybridized carbons (Fsp3) is 0.480. The van der Waals surface area contributed by atoms with E-state index >= 15 is 0 Å². The predicted molar refractivity (Wildman–Crippen MR) is 121 cm³/mol. The summed E-state index contributed by atoms with van der Waals surface area (Å²) in [6.07, 6.45) is 2.61. The second kappa shape index (κ2) is 11.8. The molecule has 3 rings (SSSR count). The van der Waals surface area contributed by atoms with Gasteiger partial charge in [-0.15, -0.1) is 0 Å². The van der Waals surface area contributed by atoms with Gasteiger partial charge in [-0.3, -0.25) is 4.79 Å². The molecule has 8 heteroatoms. The maximum absolute atomic E-state index is 12.2. The molecule has 0 bridgehead atoms. The molecule has 0 aromatic heterocycles. The van der Waals surface area contributed by atoms with Crippen molar-refractivity contribution in [3.8, 4) is 23.0 Å². The molecule has 2 aromatic carbocycles. The van der Waals surface area contributed by atoms with Crippen LogP contribution >= 0.6 is 0 Å². The average molecular weight is 571 g/mol. The van der Waals surface area contributed by atoms with Crippen LogP contribution in [0.2, 0.25) is 0 Å². The first-order valence-electron chi connectivity index (χ1n) is 10.8. The number of methoxy groups -OCH3 is 5. The molecule has 2 aromatic rings. The summed E-state index contributed by atoms with van der Waals surface area (Å²) in [5.41, 5.74) is 3.16. The molecule has 1 unspecified atom stereocenters. The van der Waals surface area contributed by atoms with Crippen molar-refractivity contribution in [1.29, 1.82) is 0 Å². The van der Waals surface area contributed by atoms with Gasteiger partial charge in [-0.05, 0) is 35.4 Å². The molecule has 1 N–H and O–H groups in total. The van der Waals surface area contributed by atoms with Crippen molar-refractivity contribution in [1.82, 2.24) is 0 Å². The number of carbonyl (C=O) groups is 1. The normalized spacial score (nSPS) is 19.0. The van der Waals surface area contributed by atoms with E-state index in [1.807, 2.05) is 12.1 Å². The minimum Gasteiger partial charge on any atom is -1.00 e. The van der Waals surface area contributed by atoms with Crippen LogP contribution in [0.4, 0.5) is 0 Å². The highest BCUT2D eigenvalue weighted by Gasteiger charge is 2.46. The smallest absolute Gasteiger partial charge is 0.305 e. The van der Waals surface area contributed by atoms with Gasteiger partial charge in [-0.2, -0.15) is 0 Å². The van der Waals surface area contributed by atoms with E-state index in [1.54, 1.807) is 28.4 Å². The molecule has 33 heavy (non-hydrogen) atoms. The van der Waals surface area contributed by atoms with Crippen molar-refractivity contribution in [2.75, 3.05) is 49.1 Å². The van der Waals surface area contributed by atoms with E-state index in [2.05, 4.69) is 25.2 Å². The van der Waals surface area contributed by atoms with Crippen LogP contribution in [0.15, 0.2) is 30.3 Å². The Morgan fingerprint density at radius 2 is 1.52 bits per heavy atom. The van der Waals surface area contributed by atoms with Gasteiger partial charge < -0.3 is 52.6 Å². The Bertz CT molecular complexity index is 966. The number of halogens is 1. The summed E-state index contributed by atoms with van der Waals surface area (Å²) in [4.78, 5) is 13.5. The van der Waals surface area contributed by atoms with Gasteiger partial charge in [-0.25, -0.2) is 0 Å². The van der Waals surface area contributed by atoms with E-state index in [-0.39, 0.29) is 35.5 Å². The number of hydrogen-bond acceptors (Lipinski definition) is 6. The van der Waals surface area contributed by atoms with Gasteiger partial charge in [0.15, 0.2) is 23.0 Å². The molecular formula is C25H34INO6. The summed E-state index contributed by atoms with van der Waals surface area (Å²) < 4.78 is 27.1. The van der Waals surface area contributed by atoms with Crippen LogP contribution in [0.25, 0.3) is 0 Å². The molecule has 7 nitrogen and oxygen atoms in total. The van der Waals surface area contributed by atoms with Crippen LogP contribution in [-0.2, 0) is 27.9 Å². The minimum absolute atomic E-state index is 0. The summed E-state index contributed by atoms with van der Waals surface area (Å²) in [6, 6.07) is 10.2. The summed E-state index contributed by atoms with van der Waals surface area (Å²) >= 11 is 0. The quantitative estimate of drug-likeness (QED) is 0.314. The van der Waals surface area contributed by atoms with Crippen molar-refractivity contribution in [2.24, 2.45) is 0 Å². The monoisotopic (exact) mass is 571 g/mol. The molecule has 0 saturated carbocycles. The maximum atomic E-state index is 12.2. The third-order valence-electron chi connectivity index (χ3n) is 6.65. The second-order valence-electron chi connectivity index (χ2n) is 8.17. The lowest BCUT2D eigenvalue weighted by molar-refractivity contribution is -0.946. The highest BCUT2D eigenvalue weighted by atomic mass is 127. The Balaban J connectivity index is 0.00000385. The van der Waals surface area contributed by atoms with Gasteiger partial charge in [0.05, 0.1) is 55.6 Å². The zero-order valence-corrected chi connectivity index (χ0v) is 22.4. The van der Waals surface area contributed by atoms with Crippen molar-refractivity contribution in [3.63, 3.8) is 0 Å². The first-order valence-corrected chi connectivity index (χ1v) is 10.8. The first-order chi connectivity index (χ1) is 15.4. The predicted octanol–water partition coefficient (Wildman–Crippen LogP) is -0.813. The van der Waals surface area contributed by atoms with E-state index in [9.17, 15) is 4.79 Å². The molecule has 1 heterocycles. The number of hydrogen-bond donors (Lipinski definition) is 1. The van der Waals surface area contributed by atoms with E-state index in [0.717, 1.165) is 30.7 Å². The highest BCUT2D eigenvalue weighted by molar-refractivity contribution is 5.69. The Kier molecular flexibility index (Phi) is 9.66. The standard InChI is InChI=1S/C25H33NO6.HI/c1-26-12-10-18-14-22(30-4)23(31-5)15-19(18)25(26,11-9-24(27)32-6)16-17-7-8-20(28-2)21(13-17)29-3;/h7-8,13-15H,9-12,16H2,1-6H3;1H/t25-;/m1./s1. The summed E-state index contributed by atoms with van der Waals surface area (Å²) in [5.74, 6) is 2.58. The van der Waals surface area contributed by atoms with Gasteiger partial charge >= 0.3 is 5.97 Å². The SMILES string of the molecule is COC(=O)CC[C@@]1(Cc2ccc(OC)c(OC)c2)c2cc(OC)c(OC)cc2CC[NH+]1C.[I-]. The van der Waals surface area contributed by atoms with Crippen LogP contribution in [0.3, 0.4) is 0 Å². The molecule has 1 aliphatic heterocycles. The molecule has 2 atom stereocenters. The highest BCUT2D eigenvalue weighted by Crippen LogP contribution is 2.40. The van der Waals surface area contributed by atoms with E-state index < -0.39 is 0 Å². The number of quaternary nitrogens is 1. The summed E-state index contributed by atoms with van der Waals surface area (Å²) in [6.45, 7) is 0.941. The average Bonchev–Trinajstić information content (AvgIpc) is 2.83. The lowest BCUT2D eigenvalue weighted by Gasteiger charge is -2.44. The zero-order chi connectivity index (χ0) is 23.3. The Morgan fingerprint density at radius 1 is 0.909 bits per heavy atom. The summed E-state index contributed by atoms with van der Waals surface area (Å²) in [7, 11) is 10.2. The molecule has 0 amide bonds. The Morgan fingerprint density at radius 3 is 2.12 bits per heavy atom. The van der Waals surface area contributed by atoms with Gasteiger partial charge in [0, 0.05) is 24.8 Å². The number of carbonyl (C=O) groups excluding carboxylic acids is 1. The van der Waals surface area contributed by atoms with Gasteiger partial charge in [0.1, 0.15) is 5.54 Å². The Hall–Kier alpha value is -2.20. The van der Waals surface area contributed by atoms with Gasteiger partial charge in [0.2, 0.25) is 0 Å². The lowest BCUT2D eigenvalue weighted by atomic mass is 9.73. The first kappa shape index (κ1) is 27.0. The molecule has 0 spiro atoms. The van der Waals surface area contributed by atoms with Crippen molar-refractivity contribution in [3.05, 3.63) is 47.0 Å². The van der Waals surface area contributed by atoms with Gasteiger partial charge in [-0.1, -0.05) is 6.07 Å². The third-order valence-corrected chi connectivity index (χ3v) is 6.65. The number of benzene rings is 2. The number of nitrogens with one attached hydrogen (secondary N) is 1. The van der Waals surface area contributed by atoms with Crippen LogP contribution in [0.5, 0.6) is 23.0 Å². The van der Waals surface area contributed by atoms with Crippen molar-refractivity contribution in [2.45, 2.75) is 31.2 Å². The van der Waals surface area contributed by atoms with Crippen LogP contribution in [0, 0.1) is 0 Å². The number of ether oxygens (including phenoxy) is 5. The second-order valence-corrected chi connectivity index (χ2v) is 8.17. The zero-order valence-electron chi connectivity index (χ0n) is 20.2. The number of fused-ring (bicyclic) bond motifs is 1. The number of rotatable bonds is 9. The van der Waals surface area contributed by atoms with Crippen molar-refractivity contribution >= 4 is 5.97 Å². The van der Waals surface area contributed by atoms with Crippen LogP contribution in [0.1, 0.15) is 29.5 Å². The van der Waals surface area contributed by atoms with Crippen LogP contribution < -0.4 is 47.8 Å². The van der Waals surface area contributed by atoms with Gasteiger partial charge in [0.25, 0.3) is 0 Å². The van der Waals surface area contributed by atoms with Crippen molar-refractivity contribution < 1.29 is 57.4 Å². The molecule has 0 radical (unpaired) electrons. The maximum Gasteiger partial charge on any atom is 0.305 e. The largest absolute Gasteiger partial charge is 1.00 e. The van der Waals surface area contributed by atoms with Crippen LogP contribution in [-0.4, -0.2) is 55.1 Å². The molecule has 1 aliphatic rings. The number of esters is 1. The molecule has 0 aliphatic carbocycles.